The Morgan fingerprint density at radius 1 is 0.781 bits per heavy atom. The van der Waals surface area contributed by atoms with Gasteiger partial charge in [-0.2, -0.15) is 0 Å². The van der Waals surface area contributed by atoms with Crippen molar-refractivity contribution in [3.8, 4) is 0 Å². The average Bonchev–Trinajstić information content (AvgIpc) is 3.18. The van der Waals surface area contributed by atoms with Crippen molar-refractivity contribution in [2.45, 2.75) is 100 Å². The maximum atomic E-state index is 5.51. The van der Waals surface area contributed by atoms with E-state index >= 15 is 0 Å². The molecule has 1 rings (SSSR count). The molecule has 0 saturated heterocycles. The average molecular weight is 496 g/mol. The van der Waals surface area contributed by atoms with E-state index < -0.39 is 7.05 Å². The van der Waals surface area contributed by atoms with Gasteiger partial charge in [-0.05, 0) is 82.5 Å². The van der Waals surface area contributed by atoms with Crippen LogP contribution in [0.25, 0.3) is 0 Å². The van der Waals surface area contributed by atoms with Gasteiger partial charge in [0.1, 0.15) is 0 Å². The summed E-state index contributed by atoms with van der Waals surface area (Å²) in [7, 11) is -1.20. The van der Waals surface area contributed by atoms with Gasteiger partial charge in [0, 0.05) is 33.8 Å². The van der Waals surface area contributed by atoms with E-state index in [1.54, 1.807) is 0 Å². The van der Waals surface area contributed by atoms with E-state index in [9.17, 15) is 0 Å². The third-order valence-electron chi connectivity index (χ3n) is 5.66. The van der Waals surface area contributed by atoms with E-state index in [1.165, 1.54) is 62.7 Å². The number of rotatable bonds is 14. The van der Waals surface area contributed by atoms with Crippen LogP contribution in [0.3, 0.4) is 0 Å². The van der Waals surface area contributed by atoms with E-state index in [0.717, 1.165) is 24.2 Å². The van der Waals surface area contributed by atoms with Gasteiger partial charge in [-0.3, -0.25) is 4.74 Å². The zero-order valence-electron chi connectivity index (χ0n) is 22.7. The van der Waals surface area contributed by atoms with Gasteiger partial charge in [-0.1, -0.05) is 97.3 Å². The molecule has 0 aromatic carbocycles. The van der Waals surface area contributed by atoms with Crippen LogP contribution in [-0.4, -0.2) is 18.5 Å². The molecule has 0 radical (unpaired) electrons. The summed E-state index contributed by atoms with van der Waals surface area (Å²) in [4.78, 5) is 0. The van der Waals surface area contributed by atoms with Gasteiger partial charge in [0.2, 0.25) is 0 Å². The first-order valence-corrected chi connectivity index (χ1v) is 15.2. The van der Waals surface area contributed by atoms with Crippen LogP contribution in [0, 0.1) is 17.8 Å². The Morgan fingerprint density at radius 3 is 1.47 bits per heavy atom. The first kappa shape index (κ1) is 34.1. The molecule has 0 aliphatic heterocycles. The third kappa shape index (κ3) is 19.4. The molecule has 0 saturated carbocycles. The Balaban J connectivity index is 0. The van der Waals surface area contributed by atoms with Gasteiger partial charge >= 0.3 is 0 Å². The minimum atomic E-state index is -1.20. The van der Waals surface area contributed by atoms with Crippen molar-refractivity contribution in [2.24, 2.45) is 22.5 Å². The zero-order valence-corrected chi connectivity index (χ0v) is 25.2. The van der Waals surface area contributed by atoms with Crippen LogP contribution in [0.4, 0.5) is 0 Å². The molecular weight excluding hydrogens is 441 g/mol. The molecule has 0 heterocycles. The topological polar surface area (TPSA) is 12.4 Å². The normalized spacial score (nSPS) is 13.8. The van der Waals surface area contributed by atoms with E-state index in [2.05, 4.69) is 59.8 Å². The number of hydrogen-bond donors (Lipinski definition) is 0. The summed E-state index contributed by atoms with van der Waals surface area (Å²) in [6, 6.07) is 0. The molecule has 1 nitrogen and oxygen atoms in total. The molecule has 32 heavy (non-hydrogen) atoms. The van der Waals surface area contributed by atoms with Crippen molar-refractivity contribution in [3.63, 3.8) is 0 Å². The van der Waals surface area contributed by atoms with Gasteiger partial charge < -0.3 is 0 Å². The summed E-state index contributed by atoms with van der Waals surface area (Å²) in [6.45, 7) is 18.2. The molecule has 0 aromatic rings. The Hall–Kier alpha value is -0.0957. The van der Waals surface area contributed by atoms with Gasteiger partial charge in [-0.15, -0.1) is 0 Å². The number of allylic oxidation sites excluding steroid dienone is 7. The molecule has 0 bridgehead atoms. The molecule has 0 N–H and O–H groups in total. The van der Waals surface area contributed by atoms with Crippen molar-refractivity contribution >= 4 is 7.05 Å². The second-order valence-corrected chi connectivity index (χ2v) is 14.0. The second-order valence-electron chi connectivity index (χ2n) is 10.3. The first-order valence-electron chi connectivity index (χ1n) is 12.9. The van der Waals surface area contributed by atoms with Crippen molar-refractivity contribution < 1.29 is 21.7 Å². The number of nitrogens with zero attached hydrogens (tertiary/aromatic N) is 1. The van der Waals surface area contributed by atoms with Crippen molar-refractivity contribution in [3.05, 3.63) is 48.2 Å². The number of hydrogen-bond acceptors (Lipinski definition) is 1. The second kappa shape index (κ2) is 21.4. The summed E-state index contributed by atoms with van der Waals surface area (Å²) in [5.41, 5.74) is 1.37. The van der Waals surface area contributed by atoms with Crippen LogP contribution < -0.4 is 0 Å². The van der Waals surface area contributed by atoms with Crippen LogP contribution in [0.5, 0.6) is 0 Å². The van der Waals surface area contributed by atoms with Crippen LogP contribution >= 0.6 is 7.05 Å². The van der Waals surface area contributed by atoms with Crippen molar-refractivity contribution in [2.75, 3.05) is 18.5 Å². The largest absolute Gasteiger partial charge is 0.272 e. The van der Waals surface area contributed by atoms with E-state index in [4.69, 9.17) is 4.74 Å². The summed E-state index contributed by atoms with van der Waals surface area (Å²) >= 11 is 0. The molecule has 0 spiro atoms. The van der Waals surface area contributed by atoms with Gasteiger partial charge in [0.25, 0.3) is 0 Å². The summed E-state index contributed by atoms with van der Waals surface area (Å²) in [6.07, 6.45) is 28.2. The fourth-order valence-corrected chi connectivity index (χ4v) is 7.85. The summed E-state index contributed by atoms with van der Waals surface area (Å²) < 4.78 is 5.51. The Kier molecular flexibility index (Phi) is 22.8. The van der Waals surface area contributed by atoms with Crippen molar-refractivity contribution in [1.29, 1.82) is 0 Å². The fourth-order valence-electron chi connectivity index (χ4n) is 3.87. The third-order valence-corrected chi connectivity index (χ3v) is 9.78. The van der Waals surface area contributed by atoms with E-state index in [-0.39, 0.29) is 21.7 Å². The molecule has 0 fully saturated rings. The van der Waals surface area contributed by atoms with Crippen LogP contribution in [0.2, 0.25) is 0 Å². The monoisotopic (exact) mass is 495 g/mol. The fraction of sp³-hybridized carbons (Fsp3) is 0.724. The summed E-state index contributed by atoms with van der Waals surface area (Å²) in [5, 5.41) is 0. The molecule has 0 unspecified atom stereocenters. The quantitative estimate of drug-likeness (QED) is 0.129. The smallest absolute Gasteiger partial charge is 0.0425 e. The Bertz CT molecular complexity index is 556. The summed E-state index contributed by atoms with van der Waals surface area (Å²) in [5.74, 6) is 2.46. The van der Waals surface area contributed by atoms with Gasteiger partial charge in [0.15, 0.2) is 0 Å². The molecule has 0 atom stereocenters. The van der Waals surface area contributed by atoms with Crippen molar-refractivity contribution in [1.82, 2.24) is 0 Å². The molecule has 184 valence electrons. The van der Waals surface area contributed by atoms with Gasteiger partial charge in [0.05, 0.1) is 0 Å². The van der Waals surface area contributed by atoms with Crippen LogP contribution in [0.1, 0.15) is 100 Å². The minimum Gasteiger partial charge on any atom is -0.272 e. The van der Waals surface area contributed by atoms with E-state index in [1.807, 2.05) is 38.2 Å². The standard InChI is InChI=1S/C23H44NP.C6H10.Ti/c1-20(2)12-9-17-25(18-10-13-21(3)4,19-11-14-22(5)6)24-23-15-7-8-16-23;1-3-5-6-4-2;/h7-8,15,20-22H,9-14,16-19H2,1-6H3;3-6H,1-2H3;. The minimum absolute atomic E-state index is 0. The van der Waals surface area contributed by atoms with Crippen LogP contribution in [0.15, 0.2) is 53.0 Å². The molecule has 1 aliphatic carbocycles. The Morgan fingerprint density at radius 2 is 1.19 bits per heavy atom. The Labute approximate surface area is 217 Å². The molecule has 0 amide bonds. The van der Waals surface area contributed by atoms with E-state index in [0.29, 0.717) is 0 Å². The van der Waals surface area contributed by atoms with Gasteiger partial charge in [-0.25, -0.2) is 0 Å². The zero-order chi connectivity index (χ0) is 23.5. The maximum absolute atomic E-state index is 5.51. The SMILES string of the molecule is CC(C)CCCP(CCCC(C)C)(CCCC(C)C)=NC1=CC=CC1.CC=CC=CC.[Ti]. The molecule has 0 aromatic heterocycles. The van der Waals surface area contributed by atoms with Crippen LogP contribution in [-0.2, 0) is 21.7 Å². The predicted octanol–water partition coefficient (Wildman–Crippen LogP) is 10.5. The molecule has 1 aliphatic rings. The predicted molar refractivity (Wildman–Crippen MR) is 148 cm³/mol. The maximum Gasteiger partial charge on any atom is 0.0425 e. The molecular formula is C29H54NPTi. The molecule has 3 heteroatoms. The first-order chi connectivity index (χ1) is 14.7.